The fourth-order valence-electron chi connectivity index (χ4n) is 2.44. The lowest BCUT2D eigenvalue weighted by Crippen LogP contribution is -2.34. The number of methoxy groups -OCH3 is 1. The molecule has 0 atom stereocenters. The van der Waals surface area contributed by atoms with Crippen LogP contribution in [0.15, 0.2) is 12.1 Å². The van der Waals surface area contributed by atoms with Crippen molar-refractivity contribution < 1.29 is 17.9 Å². The maximum atomic E-state index is 11.5. The number of amides is 1. The molecule has 5 nitrogen and oxygen atoms in total. The van der Waals surface area contributed by atoms with Gasteiger partial charge in [-0.1, -0.05) is 6.07 Å². The van der Waals surface area contributed by atoms with Crippen molar-refractivity contribution in [1.82, 2.24) is 4.90 Å². The lowest BCUT2D eigenvalue weighted by molar-refractivity contribution is -0.128. The standard InChI is InChI=1S/C14H17NO4S/c1-9-6-11-4-5-15(10(2)16)8-14(20(17)18)12(11)7-13(9)19-3/h6-7H,4-5,8H2,1-3H3. The van der Waals surface area contributed by atoms with Crippen molar-refractivity contribution in [3.05, 3.63) is 28.8 Å². The number of hydrogen-bond donors (Lipinski definition) is 0. The van der Waals surface area contributed by atoms with E-state index in [1.807, 2.05) is 13.0 Å². The highest BCUT2D eigenvalue weighted by Gasteiger charge is 2.23. The van der Waals surface area contributed by atoms with Gasteiger partial charge < -0.3 is 9.64 Å². The maximum absolute atomic E-state index is 11.5. The van der Waals surface area contributed by atoms with E-state index in [1.54, 1.807) is 18.1 Å². The van der Waals surface area contributed by atoms with Crippen LogP contribution < -0.4 is 4.74 Å². The van der Waals surface area contributed by atoms with E-state index in [9.17, 15) is 13.2 Å². The van der Waals surface area contributed by atoms with E-state index in [1.165, 1.54) is 6.92 Å². The van der Waals surface area contributed by atoms with Gasteiger partial charge in [-0.3, -0.25) is 4.79 Å². The summed E-state index contributed by atoms with van der Waals surface area (Å²) < 4.78 is 28.3. The van der Waals surface area contributed by atoms with E-state index in [4.69, 9.17) is 4.74 Å². The van der Waals surface area contributed by atoms with Crippen LogP contribution in [0.2, 0.25) is 0 Å². The molecule has 0 spiro atoms. The summed E-state index contributed by atoms with van der Waals surface area (Å²) in [6.45, 7) is 4.01. The van der Waals surface area contributed by atoms with Crippen molar-refractivity contribution >= 4 is 21.1 Å². The van der Waals surface area contributed by atoms with Gasteiger partial charge >= 0.3 is 0 Å². The van der Waals surface area contributed by atoms with Gasteiger partial charge in [0, 0.05) is 19.0 Å². The van der Waals surface area contributed by atoms with Gasteiger partial charge in [0.05, 0.1) is 18.5 Å². The molecule has 1 amide bonds. The van der Waals surface area contributed by atoms with Crippen LogP contribution in [0.3, 0.4) is 0 Å². The first kappa shape index (κ1) is 14.6. The van der Waals surface area contributed by atoms with Gasteiger partial charge in [0.15, 0.2) is 0 Å². The zero-order valence-corrected chi connectivity index (χ0v) is 12.6. The van der Waals surface area contributed by atoms with Crippen LogP contribution >= 0.6 is 0 Å². The molecule has 1 aromatic rings. The van der Waals surface area contributed by atoms with Crippen LogP contribution in [0, 0.1) is 6.92 Å². The van der Waals surface area contributed by atoms with Gasteiger partial charge in [-0.25, -0.2) is 0 Å². The molecule has 20 heavy (non-hydrogen) atoms. The molecule has 0 aromatic heterocycles. The largest absolute Gasteiger partial charge is 0.496 e. The number of ether oxygens (including phenoxy) is 1. The van der Waals surface area contributed by atoms with Crippen molar-refractivity contribution in [2.45, 2.75) is 20.3 Å². The zero-order chi connectivity index (χ0) is 14.9. The van der Waals surface area contributed by atoms with Crippen molar-refractivity contribution in [3.63, 3.8) is 0 Å². The van der Waals surface area contributed by atoms with Crippen molar-refractivity contribution in [2.24, 2.45) is 0 Å². The summed E-state index contributed by atoms with van der Waals surface area (Å²) in [4.78, 5) is 13.3. The van der Waals surface area contributed by atoms with Gasteiger partial charge in [-0.15, -0.1) is 0 Å². The van der Waals surface area contributed by atoms with Crippen LogP contribution in [0.4, 0.5) is 0 Å². The number of carbonyl (C=O) groups is 1. The minimum absolute atomic E-state index is 0.116. The Morgan fingerprint density at radius 2 is 2.05 bits per heavy atom. The monoisotopic (exact) mass is 295 g/mol. The molecule has 0 aliphatic carbocycles. The molecule has 0 unspecified atom stereocenters. The molecule has 0 fully saturated rings. The minimum atomic E-state index is -2.36. The summed E-state index contributed by atoms with van der Waals surface area (Å²) in [7, 11) is -0.805. The topological polar surface area (TPSA) is 63.7 Å². The van der Waals surface area contributed by atoms with E-state index in [2.05, 4.69) is 0 Å². The van der Waals surface area contributed by atoms with Gasteiger partial charge in [-0.2, -0.15) is 8.42 Å². The first-order valence-corrected chi connectivity index (χ1v) is 7.40. The third kappa shape index (κ3) is 2.70. The molecule has 1 heterocycles. The second-order valence-corrected chi connectivity index (χ2v) is 5.79. The van der Waals surface area contributed by atoms with Gasteiger partial charge in [-0.05, 0) is 30.5 Å². The van der Waals surface area contributed by atoms with Crippen LogP contribution in [0.25, 0.3) is 0 Å². The molecule has 6 heteroatoms. The molecule has 1 aromatic carbocycles. The molecule has 0 N–H and O–H groups in total. The van der Waals surface area contributed by atoms with E-state index in [0.717, 1.165) is 11.1 Å². The minimum Gasteiger partial charge on any atom is -0.496 e. The quantitative estimate of drug-likeness (QED) is 0.719. The van der Waals surface area contributed by atoms with Crippen molar-refractivity contribution in [3.8, 4) is 5.75 Å². The van der Waals surface area contributed by atoms with Gasteiger partial charge in [0.1, 0.15) is 5.75 Å². The molecule has 1 aliphatic heterocycles. The number of nitrogens with zero attached hydrogens (tertiary/aromatic N) is 1. The highest BCUT2D eigenvalue weighted by Crippen LogP contribution is 2.26. The van der Waals surface area contributed by atoms with E-state index >= 15 is 0 Å². The zero-order valence-electron chi connectivity index (χ0n) is 11.8. The molecular formula is C14H17NO4S. The number of benzene rings is 1. The van der Waals surface area contributed by atoms with Gasteiger partial charge in [0.2, 0.25) is 16.2 Å². The van der Waals surface area contributed by atoms with Crippen molar-refractivity contribution in [2.75, 3.05) is 20.2 Å². The van der Waals surface area contributed by atoms with E-state index in [0.29, 0.717) is 24.3 Å². The van der Waals surface area contributed by atoms with Crippen molar-refractivity contribution in [1.29, 1.82) is 0 Å². The molecule has 0 radical (unpaired) electrons. The third-order valence-electron chi connectivity index (χ3n) is 3.55. The Balaban J connectivity index is 2.63. The summed E-state index contributed by atoms with van der Waals surface area (Å²) in [6, 6.07) is 3.68. The number of carbonyl (C=O) groups excluding carboxylic acids is 1. The summed E-state index contributed by atoms with van der Waals surface area (Å²) >= 11 is 0. The fourth-order valence-corrected chi connectivity index (χ4v) is 3.07. The van der Waals surface area contributed by atoms with Crippen LogP contribution in [0.1, 0.15) is 23.6 Å². The Bertz CT molecular complexity index is 683. The molecular weight excluding hydrogens is 278 g/mol. The number of rotatable bonds is 1. The maximum Gasteiger partial charge on any atom is 0.219 e. The fraction of sp³-hybridized carbons (Fsp3) is 0.429. The second-order valence-electron chi connectivity index (χ2n) is 4.83. The van der Waals surface area contributed by atoms with E-state index < -0.39 is 10.3 Å². The summed E-state index contributed by atoms with van der Waals surface area (Å²) in [5.74, 6) is 0.535. The second kappa shape index (κ2) is 5.66. The van der Waals surface area contributed by atoms with Gasteiger partial charge in [0.25, 0.3) is 0 Å². The average Bonchev–Trinajstić information content (AvgIpc) is 2.57. The molecule has 0 saturated carbocycles. The average molecular weight is 295 g/mol. The Morgan fingerprint density at radius 1 is 1.35 bits per heavy atom. The molecule has 1 aliphatic rings. The number of fused-ring (bicyclic) bond motifs is 1. The van der Waals surface area contributed by atoms with Crippen LogP contribution in [-0.4, -0.2) is 44.3 Å². The summed E-state index contributed by atoms with van der Waals surface area (Å²) in [5, 5.41) is 0. The van der Waals surface area contributed by atoms with E-state index in [-0.39, 0.29) is 17.3 Å². The highest BCUT2D eigenvalue weighted by atomic mass is 32.2. The lowest BCUT2D eigenvalue weighted by atomic mass is 9.99. The molecule has 2 rings (SSSR count). The highest BCUT2D eigenvalue weighted by molar-refractivity contribution is 7.73. The molecule has 0 saturated heterocycles. The smallest absolute Gasteiger partial charge is 0.219 e. The Morgan fingerprint density at radius 3 is 2.60 bits per heavy atom. The third-order valence-corrected chi connectivity index (χ3v) is 4.30. The predicted molar refractivity (Wildman–Crippen MR) is 76.7 cm³/mol. The Kier molecular flexibility index (Phi) is 4.13. The summed E-state index contributed by atoms with van der Waals surface area (Å²) in [6.07, 6.45) is 0.639. The Labute approximate surface area is 119 Å². The lowest BCUT2D eigenvalue weighted by Gasteiger charge is -2.17. The van der Waals surface area contributed by atoms with Crippen LogP contribution in [-0.2, 0) is 21.5 Å². The first-order chi connectivity index (χ1) is 9.43. The Hall–Kier alpha value is -1.82. The first-order valence-electron chi connectivity index (χ1n) is 6.32. The molecule has 108 valence electrons. The number of hydrogen-bond acceptors (Lipinski definition) is 4. The number of aryl methyl sites for hydroxylation is 1. The van der Waals surface area contributed by atoms with Crippen LogP contribution in [0.5, 0.6) is 5.75 Å². The normalized spacial score (nSPS) is 14.6. The molecule has 0 bridgehead atoms. The summed E-state index contributed by atoms with van der Waals surface area (Å²) in [5.41, 5.74) is 2.55. The predicted octanol–water partition coefficient (Wildman–Crippen LogP) is 0.808. The SMILES string of the molecule is COc1cc2c(cc1C)CCN(C(C)=O)CC2=S(=O)=O.